The van der Waals surface area contributed by atoms with Gasteiger partial charge in [-0.1, -0.05) is 0 Å². The quantitative estimate of drug-likeness (QED) is 0.623. The number of halogens is 1. The number of amides is 1. The van der Waals surface area contributed by atoms with Crippen molar-refractivity contribution in [2.75, 3.05) is 38.1 Å². The van der Waals surface area contributed by atoms with Crippen LogP contribution in [0, 0.1) is 5.82 Å². The van der Waals surface area contributed by atoms with Crippen molar-refractivity contribution in [2.45, 2.75) is 6.54 Å². The van der Waals surface area contributed by atoms with E-state index in [1.807, 2.05) is 4.90 Å². The third-order valence-electron chi connectivity index (χ3n) is 5.21. The SMILES string of the molecule is CNC(=O)c1ccc(N2CCN(Cc3nc4[nH]c(=O)n(C)c(=O)c4s3)CC2)c(F)c1. The molecule has 0 aliphatic carbocycles. The minimum absolute atomic E-state index is 0.289. The highest BCUT2D eigenvalue weighted by molar-refractivity contribution is 7.18. The molecule has 3 heterocycles. The molecule has 11 heteroatoms. The third-order valence-corrected chi connectivity index (χ3v) is 6.24. The van der Waals surface area contributed by atoms with Gasteiger partial charge >= 0.3 is 5.69 Å². The summed E-state index contributed by atoms with van der Waals surface area (Å²) in [5, 5.41) is 3.23. The second-order valence-electron chi connectivity index (χ2n) is 7.09. The van der Waals surface area contributed by atoms with Crippen LogP contribution in [0.2, 0.25) is 0 Å². The minimum Gasteiger partial charge on any atom is -0.367 e. The van der Waals surface area contributed by atoms with Crippen LogP contribution in [0.3, 0.4) is 0 Å². The lowest BCUT2D eigenvalue weighted by Crippen LogP contribution is -2.46. The lowest BCUT2D eigenvalue weighted by molar-refractivity contribution is 0.0962. The van der Waals surface area contributed by atoms with Crippen molar-refractivity contribution < 1.29 is 9.18 Å². The fraction of sp³-hybridized carbons (Fsp3) is 0.368. The number of rotatable bonds is 4. The number of aromatic amines is 1. The van der Waals surface area contributed by atoms with Crippen LogP contribution in [0.5, 0.6) is 0 Å². The fourth-order valence-corrected chi connectivity index (χ4v) is 4.52. The molecule has 1 aliphatic rings. The van der Waals surface area contributed by atoms with Crippen molar-refractivity contribution in [2.24, 2.45) is 7.05 Å². The first-order chi connectivity index (χ1) is 14.4. The summed E-state index contributed by atoms with van der Waals surface area (Å²) in [4.78, 5) is 46.7. The summed E-state index contributed by atoms with van der Waals surface area (Å²) >= 11 is 1.28. The number of carbonyl (C=O) groups excluding carboxylic acids is 1. The Morgan fingerprint density at radius 1 is 1.27 bits per heavy atom. The van der Waals surface area contributed by atoms with Gasteiger partial charge in [0, 0.05) is 45.8 Å². The Morgan fingerprint density at radius 3 is 2.67 bits per heavy atom. The summed E-state index contributed by atoms with van der Waals surface area (Å²) in [6.07, 6.45) is 0. The van der Waals surface area contributed by atoms with E-state index in [0.717, 1.165) is 9.57 Å². The molecule has 3 aromatic rings. The average Bonchev–Trinajstić information content (AvgIpc) is 3.14. The monoisotopic (exact) mass is 432 g/mol. The third kappa shape index (κ3) is 3.73. The zero-order valence-corrected chi connectivity index (χ0v) is 17.4. The van der Waals surface area contributed by atoms with Gasteiger partial charge < -0.3 is 10.2 Å². The molecule has 30 heavy (non-hydrogen) atoms. The molecule has 9 nitrogen and oxygen atoms in total. The summed E-state index contributed by atoms with van der Waals surface area (Å²) in [6, 6.07) is 4.50. The molecule has 0 bridgehead atoms. The highest BCUT2D eigenvalue weighted by Crippen LogP contribution is 2.23. The molecule has 1 aromatic carbocycles. The van der Waals surface area contributed by atoms with Gasteiger partial charge in [0.1, 0.15) is 15.5 Å². The van der Waals surface area contributed by atoms with E-state index >= 15 is 0 Å². The van der Waals surface area contributed by atoms with Crippen LogP contribution in [0.1, 0.15) is 15.4 Å². The number of piperazine rings is 1. The number of carbonyl (C=O) groups is 1. The number of aromatic nitrogens is 3. The Bertz CT molecular complexity index is 1230. The first-order valence-corrected chi connectivity index (χ1v) is 10.3. The number of hydrogen-bond acceptors (Lipinski definition) is 7. The average molecular weight is 432 g/mol. The maximum Gasteiger partial charge on any atom is 0.329 e. The van der Waals surface area contributed by atoms with Gasteiger partial charge in [0.05, 0.1) is 12.2 Å². The number of thiazole rings is 1. The number of hydrogen-bond donors (Lipinski definition) is 2. The molecule has 158 valence electrons. The van der Waals surface area contributed by atoms with Gasteiger partial charge in [-0.15, -0.1) is 11.3 Å². The van der Waals surface area contributed by atoms with Crippen LogP contribution in [0.25, 0.3) is 10.3 Å². The number of anilines is 1. The molecule has 4 rings (SSSR count). The van der Waals surface area contributed by atoms with E-state index in [1.54, 1.807) is 12.1 Å². The van der Waals surface area contributed by atoms with Gasteiger partial charge in [0.2, 0.25) is 0 Å². The van der Waals surface area contributed by atoms with Crippen molar-refractivity contribution in [1.82, 2.24) is 24.8 Å². The number of fused-ring (bicyclic) bond motifs is 1. The summed E-state index contributed by atoms with van der Waals surface area (Å²) in [5.41, 5.74) is 0.251. The molecule has 0 atom stereocenters. The van der Waals surface area contributed by atoms with Crippen molar-refractivity contribution in [3.05, 3.63) is 55.4 Å². The van der Waals surface area contributed by atoms with E-state index in [1.165, 1.54) is 31.5 Å². The Morgan fingerprint density at radius 2 is 2.00 bits per heavy atom. The molecule has 1 amide bonds. The Kier molecular flexibility index (Phi) is 5.39. The Balaban J connectivity index is 1.43. The molecule has 1 aliphatic heterocycles. The van der Waals surface area contributed by atoms with Gasteiger partial charge in [-0.05, 0) is 18.2 Å². The maximum absolute atomic E-state index is 14.5. The van der Waals surface area contributed by atoms with Gasteiger partial charge in [-0.25, -0.2) is 14.2 Å². The lowest BCUT2D eigenvalue weighted by atomic mass is 10.1. The number of H-pyrrole nitrogens is 1. The molecule has 0 unspecified atom stereocenters. The normalized spacial score (nSPS) is 15.0. The van der Waals surface area contributed by atoms with Crippen molar-refractivity contribution in [3.8, 4) is 0 Å². The molecule has 1 fully saturated rings. The number of nitrogens with zero attached hydrogens (tertiary/aromatic N) is 4. The second kappa shape index (κ2) is 8.00. The van der Waals surface area contributed by atoms with Crippen LogP contribution >= 0.6 is 11.3 Å². The fourth-order valence-electron chi connectivity index (χ4n) is 3.48. The van der Waals surface area contributed by atoms with E-state index in [4.69, 9.17) is 0 Å². The van der Waals surface area contributed by atoms with Crippen molar-refractivity contribution >= 4 is 33.3 Å². The molecule has 2 aromatic heterocycles. The summed E-state index contributed by atoms with van der Waals surface area (Å²) in [6.45, 7) is 3.19. The van der Waals surface area contributed by atoms with Gasteiger partial charge in [-0.3, -0.25) is 24.0 Å². The molecular weight excluding hydrogens is 411 g/mol. The minimum atomic E-state index is -0.484. The van der Waals surface area contributed by atoms with Crippen LogP contribution in [-0.4, -0.2) is 58.6 Å². The topological polar surface area (TPSA) is 103 Å². The van der Waals surface area contributed by atoms with E-state index in [0.29, 0.717) is 48.8 Å². The predicted octanol–water partition coefficient (Wildman–Crippen LogP) is 0.504. The lowest BCUT2D eigenvalue weighted by Gasteiger charge is -2.35. The summed E-state index contributed by atoms with van der Waals surface area (Å²) < 4.78 is 16.0. The van der Waals surface area contributed by atoms with Crippen molar-refractivity contribution in [3.63, 3.8) is 0 Å². The summed E-state index contributed by atoms with van der Waals surface area (Å²) in [5.74, 6) is -0.743. The van der Waals surface area contributed by atoms with Gasteiger partial charge in [0.25, 0.3) is 11.5 Å². The Hall–Kier alpha value is -3.05. The summed E-state index contributed by atoms with van der Waals surface area (Å²) in [7, 11) is 2.94. The molecule has 0 spiro atoms. The standard InChI is InChI=1S/C19H21FN6O3S/c1-21-17(27)11-3-4-13(12(20)9-11)26-7-5-25(6-8-26)10-14-22-16-15(30-14)18(28)24(2)19(29)23-16/h3-4,9H,5-8,10H2,1-2H3,(H,21,27)(H,23,29). The molecule has 0 saturated carbocycles. The molecule has 1 saturated heterocycles. The molecular formula is C19H21FN6O3S. The van der Waals surface area contributed by atoms with Crippen LogP contribution in [0.15, 0.2) is 27.8 Å². The van der Waals surface area contributed by atoms with Crippen LogP contribution in [-0.2, 0) is 13.6 Å². The molecule has 2 N–H and O–H groups in total. The van der Waals surface area contributed by atoms with E-state index in [-0.39, 0.29) is 17.0 Å². The smallest absolute Gasteiger partial charge is 0.329 e. The van der Waals surface area contributed by atoms with E-state index in [9.17, 15) is 18.8 Å². The zero-order chi connectivity index (χ0) is 21.4. The molecule has 0 radical (unpaired) electrons. The van der Waals surface area contributed by atoms with E-state index in [2.05, 4.69) is 20.2 Å². The van der Waals surface area contributed by atoms with Crippen LogP contribution in [0.4, 0.5) is 10.1 Å². The first kappa shape index (κ1) is 20.2. The van der Waals surface area contributed by atoms with Gasteiger partial charge in [-0.2, -0.15) is 0 Å². The van der Waals surface area contributed by atoms with Gasteiger partial charge in [0.15, 0.2) is 5.65 Å². The highest BCUT2D eigenvalue weighted by Gasteiger charge is 2.22. The van der Waals surface area contributed by atoms with Crippen LogP contribution < -0.4 is 21.5 Å². The maximum atomic E-state index is 14.5. The predicted molar refractivity (Wildman–Crippen MR) is 113 cm³/mol. The highest BCUT2D eigenvalue weighted by atomic mass is 32.1. The largest absolute Gasteiger partial charge is 0.367 e. The Labute approximate surface area is 174 Å². The first-order valence-electron chi connectivity index (χ1n) is 9.45. The van der Waals surface area contributed by atoms with Crippen molar-refractivity contribution in [1.29, 1.82) is 0 Å². The second-order valence-corrected chi connectivity index (χ2v) is 8.17. The van der Waals surface area contributed by atoms with E-state index < -0.39 is 11.5 Å². The zero-order valence-electron chi connectivity index (χ0n) is 16.6. The number of benzene rings is 1. The number of nitrogens with one attached hydrogen (secondary N) is 2.